The predicted molar refractivity (Wildman–Crippen MR) is 124 cm³/mol. The first-order valence-electron chi connectivity index (χ1n) is 9.98. The summed E-state index contributed by atoms with van der Waals surface area (Å²) >= 11 is 3.26. The van der Waals surface area contributed by atoms with Crippen molar-refractivity contribution >= 4 is 39.3 Å². The van der Waals surface area contributed by atoms with Gasteiger partial charge in [-0.05, 0) is 48.9 Å². The highest BCUT2D eigenvalue weighted by atomic mass is 79.9. The van der Waals surface area contributed by atoms with Crippen molar-refractivity contribution in [2.75, 3.05) is 17.2 Å². The first kappa shape index (κ1) is 22.3. The molecule has 2 aromatic carbocycles. The minimum Gasteiger partial charge on any atom is -0.494 e. The van der Waals surface area contributed by atoms with E-state index in [-0.39, 0.29) is 18.1 Å². The molecule has 4 rings (SSSR count). The first-order chi connectivity index (χ1) is 16.0. The predicted octanol–water partition coefficient (Wildman–Crippen LogP) is 4.28. The summed E-state index contributed by atoms with van der Waals surface area (Å²) in [5.41, 5.74) is 1.46. The van der Waals surface area contributed by atoms with Gasteiger partial charge in [-0.3, -0.25) is 4.79 Å². The van der Waals surface area contributed by atoms with Crippen molar-refractivity contribution in [3.05, 3.63) is 77.0 Å². The summed E-state index contributed by atoms with van der Waals surface area (Å²) in [7, 11) is 0. The summed E-state index contributed by atoms with van der Waals surface area (Å²) in [6.07, 6.45) is 2.88. The number of aromatic nitrogens is 5. The van der Waals surface area contributed by atoms with Gasteiger partial charge < -0.3 is 15.4 Å². The Balaban J connectivity index is 1.41. The maximum Gasteiger partial charge on any atom is 0.247 e. The van der Waals surface area contributed by atoms with Gasteiger partial charge in [0.2, 0.25) is 11.9 Å². The van der Waals surface area contributed by atoms with E-state index in [0.29, 0.717) is 34.2 Å². The molecule has 2 heterocycles. The third kappa shape index (κ3) is 5.89. The highest BCUT2D eigenvalue weighted by molar-refractivity contribution is 9.10. The van der Waals surface area contributed by atoms with Crippen molar-refractivity contribution in [3.8, 4) is 11.6 Å². The molecule has 0 aliphatic rings. The van der Waals surface area contributed by atoms with Crippen molar-refractivity contribution in [1.29, 1.82) is 0 Å². The van der Waals surface area contributed by atoms with Crippen LogP contribution in [0.1, 0.15) is 12.5 Å². The molecule has 0 radical (unpaired) electrons. The lowest BCUT2D eigenvalue weighted by Crippen LogP contribution is -2.16. The number of halogens is 2. The Labute approximate surface area is 197 Å². The number of amides is 1. The zero-order chi connectivity index (χ0) is 23.2. The van der Waals surface area contributed by atoms with Crippen LogP contribution in [0.2, 0.25) is 0 Å². The van der Waals surface area contributed by atoms with Crippen LogP contribution in [-0.4, -0.2) is 37.2 Å². The lowest BCUT2D eigenvalue weighted by molar-refractivity contribution is -0.115. The fraction of sp³-hybridized carbons (Fsp3) is 0.136. The maximum absolute atomic E-state index is 13.2. The molecule has 0 bridgehead atoms. The molecule has 33 heavy (non-hydrogen) atoms. The molecule has 0 saturated carbocycles. The molecule has 0 aliphatic heterocycles. The van der Waals surface area contributed by atoms with Gasteiger partial charge in [0.05, 0.1) is 13.0 Å². The molecule has 2 N–H and O–H groups in total. The van der Waals surface area contributed by atoms with Gasteiger partial charge in [0.25, 0.3) is 0 Å². The number of carbonyl (C=O) groups is 1. The summed E-state index contributed by atoms with van der Waals surface area (Å²) in [6, 6.07) is 13.2. The van der Waals surface area contributed by atoms with E-state index in [1.807, 2.05) is 31.2 Å². The molecule has 1 amide bonds. The van der Waals surface area contributed by atoms with Gasteiger partial charge in [0.1, 0.15) is 30.0 Å². The second-order valence-corrected chi connectivity index (χ2v) is 7.67. The van der Waals surface area contributed by atoms with Crippen LogP contribution in [0, 0.1) is 5.82 Å². The molecule has 0 aliphatic carbocycles. The SMILES string of the molecule is CCOc1ccc(Nc2ncn(-c3cc(NC(=O)Cc4ccc(F)cc4Br)ncn3)n2)cc1. The van der Waals surface area contributed by atoms with Crippen LogP contribution in [0.25, 0.3) is 5.82 Å². The molecule has 11 heteroatoms. The number of hydrogen-bond acceptors (Lipinski definition) is 7. The van der Waals surface area contributed by atoms with Crippen LogP contribution in [0.5, 0.6) is 5.75 Å². The topological polar surface area (TPSA) is 107 Å². The molecule has 0 unspecified atom stereocenters. The normalized spacial score (nSPS) is 10.6. The summed E-state index contributed by atoms with van der Waals surface area (Å²) in [4.78, 5) is 24.9. The Morgan fingerprint density at radius 2 is 1.94 bits per heavy atom. The van der Waals surface area contributed by atoms with Crippen LogP contribution < -0.4 is 15.4 Å². The molecule has 2 aromatic heterocycles. The second-order valence-electron chi connectivity index (χ2n) is 6.82. The minimum absolute atomic E-state index is 0.0552. The van der Waals surface area contributed by atoms with Gasteiger partial charge in [-0.15, -0.1) is 5.10 Å². The average molecular weight is 512 g/mol. The van der Waals surface area contributed by atoms with Gasteiger partial charge >= 0.3 is 0 Å². The van der Waals surface area contributed by atoms with Gasteiger partial charge in [-0.2, -0.15) is 4.98 Å². The second kappa shape index (κ2) is 10.2. The number of benzene rings is 2. The highest BCUT2D eigenvalue weighted by Gasteiger charge is 2.11. The lowest BCUT2D eigenvalue weighted by Gasteiger charge is -2.07. The number of nitrogens with one attached hydrogen (secondary N) is 2. The summed E-state index contributed by atoms with van der Waals surface area (Å²) in [5, 5.41) is 10.2. The smallest absolute Gasteiger partial charge is 0.247 e. The van der Waals surface area contributed by atoms with Crippen molar-refractivity contribution in [3.63, 3.8) is 0 Å². The molecule has 168 valence electrons. The summed E-state index contributed by atoms with van der Waals surface area (Å²) in [6.45, 7) is 2.53. The Morgan fingerprint density at radius 3 is 2.70 bits per heavy atom. The molecular weight excluding hydrogens is 493 g/mol. The molecule has 0 atom stereocenters. The van der Waals surface area contributed by atoms with E-state index < -0.39 is 0 Å². The molecule has 9 nitrogen and oxygen atoms in total. The average Bonchev–Trinajstić information content (AvgIpc) is 3.26. The van der Waals surface area contributed by atoms with E-state index in [1.165, 1.54) is 29.5 Å². The van der Waals surface area contributed by atoms with E-state index >= 15 is 0 Å². The molecule has 0 spiro atoms. The maximum atomic E-state index is 13.2. The van der Waals surface area contributed by atoms with E-state index in [4.69, 9.17) is 4.74 Å². The zero-order valence-electron chi connectivity index (χ0n) is 17.5. The highest BCUT2D eigenvalue weighted by Crippen LogP contribution is 2.20. The van der Waals surface area contributed by atoms with Crippen LogP contribution in [0.15, 0.2) is 65.7 Å². The number of carbonyl (C=O) groups excluding carboxylic acids is 1. The standard InChI is InChI=1S/C22H19BrFN7O2/c1-2-33-17-7-5-16(6-8-17)28-22-27-13-31(30-22)20-11-19(25-12-26-20)29-21(32)9-14-3-4-15(24)10-18(14)23/h3-8,10-13H,2,9H2,1H3,(H,28,30)(H,25,26,29,32). The minimum atomic E-state index is -0.379. The number of anilines is 3. The van der Waals surface area contributed by atoms with Crippen LogP contribution in [-0.2, 0) is 11.2 Å². The summed E-state index contributed by atoms with van der Waals surface area (Å²) < 4.78 is 20.7. The Hall–Kier alpha value is -3.86. The molecule has 0 saturated heterocycles. The third-order valence-electron chi connectivity index (χ3n) is 4.43. The van der Waals surface area contributed by atoms with Crippen molar-refractivity contribution < 1.29 is 13.9 Å². The zero-order valence-corrected chi connectivity index (χ0v) is 19.1. The Kier molecular flexibility index (Phi) is 6.89. The molecule has 4 aromatic rings. The monoisotopic (exact) mass is 511 g/mol. The van der Waals surface area contributed by atoms with E-state index in [0.717, 1.165) is 11.4 Å². The number of hydrogen-bond donors (Lipinski definition) is 2. The van der Waals surface area contributed by atoms with Crippen molar-refractivity contribution in [2.45, 2.75) is 13.3 Å². The van der Waals surface area contributed by atoms with Crippen LogP contribution >= 0.6 is 15.9 Å². The largest absolute Gasteiger partial charge is 0.494 e. The fourth-order valence-corrected chi connectivity index (χ4v) is 3.42. The van der Waals surface area contributed by atoms with Crippen molar-refractivity contribution in [1.82, 2.24) is 24.7 Å². The van der Waals surface area contributed by atoms with E-state index in [2.05, 4.69) is 46.6 Å². The van der Waals surface area contributed by atoms with Crippen LogP contribution in [0.4, 0.5) is 21.8 Å². The quantitative estimate of drug-likeness (QED) is 0.363. The Morgan fingerprint density at radius 1 is 1.12 bits per heavy atom. The van der Waals surface area contributed by atoms with E-state index in [9.17, 15) is 9.18 Å². The van der Waals surface area contributed by atoms with Crippen LogP contribution in [0.3, 0.4) is 0 Å². The van der Waals surface area contributed by atoms with Gasteiger partial charge in [0, 0.05) is 16.2 Å². The Bertz CT molecular complexity index is 1260. The van der Waals surface area contributed by atoms with Crippen molar-refractivity contribution in [2.24, 2.45) is 0 Å². The number of nitrogens with zero attached hydrogens (tertiary/aromatic N) is 5. The van der Waals surface area contributed by atoms with Gasteiger partial charge in [-0.1, -0.05) is 22.0 Å². The molecule has 0 fully saturated rings. The lowest BCUT2D eigenvalue weighted by atomic mass is 10.1. The summed E-state index contributed by atoms with van der Waals surface area (Å²) in [5.74, 6) is 1.21. The fourth-order valence-electron chi connectivity index (χ4n) is 2.93. The first-order valence-corrected chi connectivity index (χ1v) is 10.8. The van der Waals surface area contributed by atoms with E-state index in [1.54, 1.807) is 12.1 Å². The number of rotatable bonds is 8. The van der Waals surface area contributed by atoms with Gasteiger partial charge in [0.15, 0.2) is 5.82 Å². The number of ether oxygens (including phenoxy) is 1. The molecular formula is C22H19BrFN7O2. The third-order valence-corrected chi connectivity index (χ3v) is 5.17. The van der Waals surface area contributed by atoms with Gasteiger partial charge in [-0.25, -0.2) is 19.0 Å².